The molecule has 0 saturated carbocycles. The molecule has 0 aliphatic heterocycles. The number of carbonyl (C=O) groups excluding carboxylic acids is 1. The zero-order valence-electron chi connectivity index (χ0n) is 13.6. The van der Waals surface area contributed by atoms with E-state index in [9.17, 15) is 4.79 Å². The maximum atomic E-state index is 12.0. The maximum Gasteiger partial charge on any atom is 0.222 e. The predicted octanol–water partition coefficient (Wildman–Crippen LogP) is 2.86. The van der Waals surface area contributed by atoms with E-state index >= 15 is 0 Å². The molecule has 1 aromatic rings. The highest BCUT2D eigenvalue weighted by molar-refractivity contribution is 5.75. The van der Waals surface area contributed by atoms with Gasteiger partial charge in [-0.1, -0.05) is 13.3 Å². The molecule has 0 aliphatic rings. The van der Waals surface area contributed by atoms with Gasteiger partial charge in [-0.2, -0.15) is 0 Å². The van der Waals surface area contributed by atoms with Crippen molar-refractivity contribution in [3.8, 4) is 17.2 Å². The van der Waals surface area contributed by atoms with Gasteiger partial charge in [0.05, 0.1) is 21.3 Å². The first kappa shape index (κ1) is 17.1. The van der Waals surface area contributed by atoms with E-state index in [-0.39, 0.29) is 5.91 Å². The molecule has 0 unspecified atom stereocenters. The molecular weight excluding hydrogens is 270 g/mol. The molecule has 0 bridgehead atoms. The number of nitrogens with zero attached hydrogens (tertiary/aromatic N) is 1. The number of ether oxygens (including phenoxy) is 3. The van der Waals surface area contributed by atoms with Gasteiger partial charge in [0.1, 0.15) is 0 Å². The topological polar surface area (TPSA) is 48.0 Å². The van der Waals surface area contributed by atoms with Crippen molar-refractivity contribution in [2.24, 2.45) is 0 Å². The Kier molecular flexibility index (Phi) is 6.85. The quantitative estimate of drug-likeness (QED) is 0.740. The summed E-state index contributed by atoms with van der Waals surface area (Å²) in [5.74, 6) is 1.90. The highest BCUT2D eigenvalue weighted by atomic mass is 16.5. The van der Waals surface area contributed by atoms with Gasteiger partial charge in [0.25, 0.3) is 0 Å². The van der Waals surface area contributed by atoms with E-state index in [1.54, 1.807) is 33.3 Å². The molecule has 0 heterocycles. The van der Waals surface area contributed by atoms with E-state index in [1.807, 2.05) is 12.1 Å². The molecule has 0 spiro atoms. The maximum absolute atomic E-state index is 12.0. The minimum absolute atomic E-state index is 0.144. The van der Waals surface area contributed by atoms with Crippen LogP contribution in [-0.4, -0.2) is 39.2 Å². The van der Waals surface area contributed by atoms with E-state index in [2.05, 4.69) is 6.92 Å². The predicted molar refractivity (Wildman–Crippen MR) is 82.1 cm³/mol. The standard InChI is InChI=1S/C16H25NO4/c1-6-7-8-15(18)17(2)11-12-9-13(19-3)16(21-5)14(10-12)20-4/h9-10H,6-8,11H2,1-5H3. The summed E-state index contributed by atoms with van der Waals surface area (Å²) in [7, 11) is 6.54. The van der Waals surface area contributed by atoms with E-state index in [1.165, 1.54) is 0 Å². The third kappa shape index (κ3) is 4.55. The minimum atomic E-state index is 0.144. The average Bonchev–Trinajstić information content (AvgIpc) is 2.51. The summed E-state index contributed by atoms with van der Waals surface area (Å²) in [6.07, 6.45) is 2.51. The van der Waals surface area contributed by atoms with Crippen LogP contribution in [0.2, 0.25) is 0 Å². The fraction of sp³-hybridized carbons (Fsp3) is 0.562. The molecule has 21 heavy (non-hydrogen) atoms. The van der Waals surface area contributed by atoms with Crippen molar-refractivity contribution in [3.05, 3.63) is 17.7 Å². The van der Waals surface area contributed by atoms with Crippen molar-refractivity contribution < 1.29 is 19.0 Å². The van der Waals surface area contributed by atoms with Crippen LogP contribution < -0.4 is 14.2 Å². The smallest absolute Gasteiger partial charge is 0.222 e. The number of rotatable bonds is 8. The average molecular weight is 295 g/mol. The number of hydrogen-bond acceptors (Lipinski definition) is 4. The molecular formula is C16H25NO4. The molecule has 1 aromatic carbocycles. The van der Waals surface area contributed by atoms with Crippen LogP contribution in [0, 0.1) is 0 Å². The molecule has 0 saturated heterocycles. The molecule has 5 heteroatoms. The molecule has 1 amide bonds. The Hall–Kier alpha value is -1.91. The lowest BCUT2D eigenvalue weighted by Gasteiger charge is -2.19. The largest absolute Gasteiger partial charge is 0.493 e. The Bertz CT molecular complexity index is 448. The molecule has 0 N–H and O–H groups in total. The first-order chi connectivity index (χ1) is 10.1. The van der Waals surface area contributed by atoms with Gasteiger partial charge in [-0.25, -0.2) is 0 Å². The molecule has 0 atom stereocenters. The Balaban J connectivity index is 2.90. The molecule has 5 nitrogen and oxygen atoms in total. The van der Waals surface area contributed by atoms with E-state index in [0.717, 1.165) is 18.4 Å². The van der Waals surface area contributed by atoms with Crippen molar-refractivity contribution in [1.29, 1.82) is 0 Å². The van der Waals surface area contributed by atoms with Crippen LogP contribution in [0.4, 0.5) is 0 Å². The van der Waals surface area contributed by atoms with Crippen LogP contribution in [0.1, 0.15) is 31.7 Å². The highest BCUT2D eigenvalue weighted by Crippen LogP contribution is 2.38. The summed E-state index contributed by atoms with van der Waals surface area (Å²) in [4.78, 5) is 13.7. The van der Waals surface area contributed by atoms with Gasteiger partial charge in [-0.05, 0) is 24.1 Å². The monoisotopic (exact) mass is 295 g/mol. The van der Waals surface area contributed by atoms with Crippen LogP contribution in [0.25, 0.3) is 0 Å². The number of carbonyl (C=O) groups is 1. The SMILES string of the molecule is CCCCC(=O)N(C)Cc1cc(OC)c(OC)c(OC)c1. The van der Waals surface area contributed by atoms with Crippen LogP contribution >= 0.6 is 0 Å². The molecule has 118 valence electrons. The molecule has 0 aromatic heterocycles. The third-order valence-corrected chi connectivity index (χ3v) is 3.31. The number of hydrogen-bond donors (Lipinski definition) is 0. The van der Waals surface area contributed by atoms with Gasteiger partial charge in [-0.3, -0.25) is 4.79 Å². The van der Waals surface area contributed by atoms with Crippen LogP contribution in [-0.2, 0) is 11.3 Å². The van der Waals surface area contributed by atoms with Gasteiger partial charge in [0.2, 0.25) is 11.7 Å². The third-order valence-electron chi connectivity index (χ3n) is 3.31. The lowest BCUT2D eigenvalue weighted by molar-refractivity contribution is -0.130. The number of methoxy groups -OCH3 is 3. The van der Waals surface area contributed by atoms with Crippen molar-refractivity contribution in [1.82, 2.24) is 4.90 Å². The first-order valence-electron chi connectivity index (χ1n) is 7.10. The van der Waals surface area contributed by atoms with Crippen molar-refractivity contribution >= 4 is 5.91 Å². The Morgan fingerprint density at radius 3 is 2.10 bits per heavy atom. The van der Waals surface area contributed by atoms with Gasteiger partial charge < -0.3 is 19.1 Å². The number of amides is 1. The zero-order valence-corrected chi connectivity index (χ0v) is 13.6. The summed E-state index contributed by atoms with van der Waals surface area (Å²) < 4.78 is 15.9. The van der Waals surface area contributed by atoms with Gasteiger partial charge in [-0.15, -0.1) is 0 Å². The summed E-state index contributed by atoms with van der Waals surface area (Å²) in [6, 6.07) is 3.73. The zero-order chi connectivity index (χ0) is 15.8. The lowest BCUT2D eigenvalue weighted by Crippen LogP contribution is -2.25. The number of unbranched alkanes of at least 4 members (excludes halogenated alkanes) is 1. The highest BCUT2D eigenvalue weighted by Gasteiger charge is 2.15. The lowest BCUT2D eigenvalue weighted by atomic mass is 10.1. The van der Waals surface area contributed by atoms with Gasteiger partial charge in [0, 0.05) is 20.0 Å². The second kappa shape index (κ2) is 8.39. The molecule has 0 aliphatic carbocycles. The summed E-state index contributed by atoms with van der Waals surface area (Å²) in [5, 5.41) is 0. The van der Waals surface area contributed by atoms with Crippen molar-refractivity contribution in [3.63, 3.8) is 0 Å². The summed E-state index contributed by atoms with van der Waals surface area (Å²) in [6.45, 7) is 2.59. The van der Waals surface area contributed by atoms with Crippen LogP contribution in [0.3, 0.4) is 0 Å². The second-order valence-corrected chi connectivity index (χ2v) is 4.89. The van der Waals surface area contributed by atoms with Gasteiger partial charge in [0.15, 0.2) is 11.5 Å². The first-order valence-corrected chi connectivity index (χ1v) is 7.10. The van der Waals surface area contributed by atoms with E-state index in [4.69, 9.17) is 14.2 Å². The van der Waals surface area contributed by atoms with Crippen molar-refractivity contribution in [2.45, 2.75) is 32.7 Å². The van der Waals surface area contributed by atoms with Crippen LogP contribution in [0.15, 0.2) is 12.1 Å². The van der Waals surface area contributed by atoms with E-state index in [0.29, 0.717) is 30.2 Å². The molecule has 0 radical (unpaired) electrons. The molecule has 1 rings (SSSR count). The minimum Gasteiger partial charge on any atom is -0.493 e. The van der Waals surface area contributed by atoms with E-state index < -0.39 is 0 Å². The Morgan fingerprint density at radius 2 is 1.67 bits per heavy atom. The molecule has 0 fully saturated rings. The fourth-order valence-electron chi connectivity index (χ4n) is 2.11. The normalized spacial score (nSPS) is 10.1. The van der Waals surface area contributed by atoms with Crippen LogP contribution in [0.5, 0.6) is 17.2 Å². The summed E-state index contributed by atoms with van der Waals surface area (Å²) in [5.41, 5.74) is 0.942. The Labute approximate surface area is 126 Å². The fourth-order valence-corrected chi connectivity index (χ4v) is 2.11. The number of benzene rings is 1. The van der Waals surface area contributed by atoms with Crippen molar-refractivity contribution in [2.75, 3.05) is 28.4 Å². The second-order valence-electron chi connectivity index (χ2n) is 4.89. The van der Waals surface area contributed by atoms with Gasteiger partial charge >= 0.3 is 0 Å². The summed E-state index contributed by atoms with van der Waals surface area (Å²) >= 11 is 0. The Morgan fingerprint density at radius 1 is 1.10 bits per heavy atom.